The second-order valence-electron chi connectivity index (χ2n) is 5.18. The first-order valence-corrected chi connectivity index (χ1v) is 7.05. The molecule has 0 saturated carbocycles. The molecule has 3 aromatic rings. The van der Waals surface area contributed by atoms with Crippen LogP contribution in [0.5, 0.6) is 0 Å². The van der Waals surface area contributed by atoms with Crippen molar-refractivity contribution in [3.63, 3.8) is 0 Å². The van der Waals surface area contributed by atoms with Crippen LogP contribution in [0.2, 0.25) is 0 Å². The first kappa shape index (κ1) is 13.0. The molecule has 1 N–H and O–H groups in total. The molecule has 2 aromatic heterocycles. The fraction of sp³-hybridized carbons (Fsp3) is 0.267. The molecule has 1 atom stereocenters. The summed E-state index contributed by atoms with van der Waals surface area (Å²) in [5, 5.41) is 4.81. The number of morpholine rings is 1. The minimum Gasteiger partial charge on any atom is -0.366 e. The fourth-order valence-electron chi connectivity index (χ4n) is 2.68. The Kier molecular flexibility index (Phi) is 3.12. The van der Waals surface area contributed by atoms with E-state index < -0.39 is 0 Å². The van der Waals surface area contributed by atoms with E-state index in [9.17, 15) is 4.79 Å². The van der Waals surface area contributed by atoms with Gasteiger partial charge in [0.2, 0.25) is 12.2 Å². The molecule has 1 amide bonds. The molecule has 1 unspecified atom stereocenters. The highest BCUT2D eigenvalue weighted by Crippen LogP contribution is 2.22. The van der Waals surface area contributed by atoms with E-state index in [0.717, 1.165) is 10.9 Å². The van der Waals surface area contributed by atoms with E-state index in [-0.39, 0.29) is 12.0 Å². The maximum atomic E-state index is 12.7. The second kappa shape index (κ2) is 5.27. The van der Waals surface area contributed by atoms with Crippen molar-refractivity contribution in [1.29, 1.82) is 0 Å². The molecule has 0 radical (unpaired) electrons. The zero-order chi connectivity index (χ0) is 14.9. The Bertz CT molecular complexity index is 796. The van der Waals surface area contributed by atoms with Gasteiger partial charge < -0.3 is 19.1 Å². The molecule has 1 saturated heterocycles. The predicted octanol–water partition coefficient (Wildman–Crippen LogP) is 1.76. The summed E-state index contributed by atoms with van der Waals surface area (Å²) in [5.74, 6) is 0.457. The van der Waals surface area contributed by atoms with Crippen LogP contribution in [-0.4, -0.2) is 45.6 Å². The lowest BCUT2D eigenvalue weighted by Crippen LogP contribution is -2.42. The Morgan fingerprint density at radius 1 is 1.36 bits per heavy atom. The highest BCUT2D eigenvalue weighted by molar-refractivity contribution is 5.98. The Hall–Kier alpha value is -2.67. The van der Waals surface area contributed by atoms with Crippen molar-refractivity contribution < 1.29 is 14.1 Å². The van der Waals surface area contributed by atoms with Crippen molar-refractivity contribution in [2.24, 2.45) is 0 Å². The summed E-state index contributed by atoms with van der Waals surface area (Å²) in [6.45, 7) is 1.43. The Morgan fingerprint density at radius 2 is 2.32 bits per heavy atom. The number of aromatic nitrogens is 3. The number of nitrogens with one attached hydrogen (secondary N) is 1. The SMILES string of the molecule is O=C(c1ccc2[nH]ccc2c1)N1CCOC(c2ncon2)C1. The van der Waals surface area contributed by atoms with E-state index in [4.69, 9.17) is 9.26 Å². The van der Waals surface area contributed by atoms with Gasteiger partial charge in [-0.3, -0.25) is 4.79 Å². The average Bonchev–Trinajstić information content (AvgIpc) is 3.25. The lowest BCUT2D eigenvalue weighted by atomic mass is 10.1. The van der Waals surface area contributed by atoms with E-state index in [1.165, 1.54) is 6.39 Å². The summed E-state index contributed by atoms with van der Waals surface area (Å²) in [5.41, 5.74) is 1.68. The largest absolute Gasteiger partial charge is 0.366 e. The summed E-state index contributed by atoms with van der Waals surface area (Å²) >= 11 is 0. The molecule has 0 aliphatic carbocycles. The molecule has 1 fully saturated rings. The summed E-state index contributed by atoms with van der Waals surface area (Å²) in [6.07, 6.45) is 2.78. The molecule has 1 aliphatic rings. The number of carbonyl (C=O) groups is 1. The number of hydrogen-bond donors (Lipinski definition) is 1. The van der Waals surface area contributed by atoms with Gasteiger partial charge in [-0.1, -0.05) is 5.16 Å². The van der Waals surface area contributed by atoms with Gasteiger partial charge in [-0.15, -0.1) is 0 Å². The maximum Gasteiger partial charge on any atom is 0.254 e. The monoisotopic (exact) mass is 298 g/mol. The Balaban J connectivity index is 1.56. The molecular formula is C15H14N4O3. The number of benzene rings is 1. The van der Waals surface area contributed by atoms with Crippen LogP contribution in [0.1, 0.15) is 22.3 Å². The summed E-state index contributed by atoms with van der Waals surface area (Å²) < 4.78 is 10.4. The smallest absolute Gasteiger partial charge is 0.254 e. The molecule has 1 aromatic carbocycles. The van der Waals surface area contributed by atoms with Crippen LogP contribution in [0.25, 0.3) is 10.9 Å². The number of H-pyrrole nitrogens is 1. The molecule has 0 bridgehead atoms. The van der Waals surface area contributed by atoms with Gasteiger partial charge in [0.15, 0.2) is 0 Å². The van der Waals surface area contributed by atoms with E-state index in [2.05, 4.69) is 15.1 Å². The summed E-state index contributed by atoms with van der Waals surface area (Å²) in [7, 11) is 0. The Morgan fingerprint density at radius 3 is 3.18 bits per heavy atom. The van der Waals surface area contributed by atoms with Crippen molar-refractivity contribution in [2.75, 3.05) is 19.7 Å². The average molecular weight is 298 g/mol. The van der Waals surface area contributed by atoms with Crippen molar-refractivity contribution in [3.05, 3.63) is 48.2 Å². The van der Waals surface area contributed by atoms with Gasteiger partial charge in [0.05, 0.1) is 13.2 Å². The topological polar surface area (TPSA) is 84.2 Å². The highest BCUT2D eigenvalue weighted by atomic mass is 16.5. The maximum absolute atomic E-state index is 12.7. The Labute approximate surface area is 125 Å². The fourth-order valence-corrected chi connectivity index (χ4v) is 2.68. The van der Waals surface area contributed by atoms with Gasteiger partial charge in [-0.2, -0.15) is 4.98 Å². The number of rotatable bonds is 2. The predicted molar refractivity (Wildman–Crippen MR) is 77.2 cm³/mol. The van der Waals surface area contributed by atoms with Crippen molar-refractivity contribution >= 4 is 16.8 Å². The van der Waals surface area contributed by atoms with Gasteiger partial charge in [0, 0.05) is 29.2 Å². The van der Waals surface area contributed by atoms with E-state index in [0.29, 0.717) is 31.1 Å². The summed E-state index contributed by atoms with van der Waals surface area (Å²) in [4.78, 5) is 21.6. The van der Waals surface area contributed by atoms with E-state index >= 15 is 0 Å². The first-order valence-electron chi connectivity index (χ1n) is 7.05. The molecule has 4 rings (SSSR count). The first-order chi connectivity index (χ1) is 10.8. The standard InChI is InChI=1S/C15H14N4O3/c20-15(11-1-2-12-10(7-11)3-4-16-12)19-5-6-21-13(8-19)14-17-9-22-18-14/h1-4,7,9,13,16H,5-6,8H2. The van der Waals surface area contributed by atoms with Crippen LogP contribution in [0.15, 0.2) is 41.4 Å². The third kappa shape index (κ3) is 2.25. The molecule has 112 valence electrons. The van der Waals surface area contributed by atoms with E-state index in [1.807, 2.05) is 30.5 Å². The number of nitrogens with zero attached hydrogens (tertiary/aromatic N) is 3. The van der Waals surface area contributed by atoms with Gasteiger partial charge in [-0.25, -0.2) is 0 Å². The molecule has 7 heteroatoms. The van der Waals surface area contributed by atoms with Gasteiger partial charge in [0.1, 0.15) is 6.10 Å². The third-order valence-corrected chi connectivity index (χ3v) is 3.82. The summed E-state index contributed by atoms with van der Waals surface area (Å²) in [6, 6.07) is 7.60. The van der Waals surface area contributed by atoms with Crippen LogP contribution >= 0.6 is 0 Å². The van der Waals surface area contributed by atoms with Crippen LogP contribution in [0.3, 0.4) is 0 Å². The molecule has 3 heterocycles. The minimum absolute atomic E-state index is 0.0140. The lowest BCUT2D eigenvalue weighted by molar-refractivity contribution is -0.0276. The molecular weight excluding hydrogens is 284 g/mol. The molecule has 0 spiro atoms. The lowest BCUT2D eigenvalue weighted by Gasteiger charge is -2.31. The van der Waals surface area contributed by atoms with Crippen LogP contribution < -0.4 is 0 Å². The van der Waals surface area contributed by atoms with Gasteiger partial charge >= 0.3 is 0 Å². The van der Waals surface area contributed by atoms with E-state index in [1.54, 1.807) is 4.90 Å². The highest BCUT2D eigenvalue weighted by Gasteiger charge is 2.28. The second-order valence-corrected chi connectivity index (χ2v) is 5.18. The number of fused-ring (bicyclic) bond motifs is 1. The van der Waals surface area contributed by atoms with Gasteiger partial charge in [0.25, 0.3) is 5.91 Å². The van der Waals surface area contributed by atoms with Crippen LogP contribution in [0.4, 0.5) is 0 Å². The van der Waals surface area contributed by atoms with Crippen molar-refractivity contribution in [2.45, 2.75) is 6.10 Å². The normalized spacial score (nSPS) is 18.7. The van der Waals surface area contributed by atoms with Crippen LogP contribution in [0, 0.1) is 0 Å². The zero-order valence-corrected chi connectivity index (χ0v) is 11.7. The van der Waals surface area contributed by atoms with Gasteiger partial charge in [-0.05, 0) is 24.3 Å². The minimum atomic E-state index is -0.340. The number of amides is 1. The number of ether oxygens (including phenoxy) is 1. The molecule has 22 heavy (non-hydrogen) atoms. The van der Waals surface area contributed by atoms with Crippen molar-refractivity contribution in [1.82, 2.24) is 20.0 Å². The number of hydrogen-bond acceptors (Lipinski definition) is 5. The van der Waals surface area contributed by atoms with Crippen molar-refractivity contribution in [3.8, 4) is 0 Å². The number of carbonyl (C=O) groups excluding carboxylic acids is 1. The van der Waals surface area contributed by atoms with Crippen LogP contribution in [-0.2, 0) is 4.74 Å². The molecule has 1 aliphatic heterocycles. The quantitative estimate of drug-likeness (QED) is 0.779. The zero-order valence-electron chi connectivity index (χ0n) is 11.7. The molecule has 7 nitrogen and oxygen atoms in total. The third-order valence-electron chi connectivity index (χ3n) is 3.82. The number of aromatic amines is 1.